The number of halogens is 3. The van der Waals surface area contributed by atoms with E-state index in [-0.39, 0.29) is 12.4 Å². The lowest BCUT2D eigenvalue weighted by Crippen LogP contribution is -2.00. The third-order valence-corrected chi connectivity index (χ3v) is 2.32. The highest BCUT2D eigenvalue weighted by Crippen LogP contribution is 2.24. The molecule has 0 aliphatic heterocycles. The van der Waals surface area contributed by atoms with E-state index in [1.165, 1.54) is 0 Å². The third kappa shape index (κ3) is 2.01. The highest BCUT2D eigenvalue weighted by atomic mass is 79.9. The zero-order valence-corrected chi connectivity index (χ0v) is 8.75. The molecule has 0 unspecified atom stereocenters. The first-order chi connectivity index (χ1) is 5.15. The predicted octanol–water partition coefficient (Wildman–Crippen LogP) is 2.81. The first kappa shape index (κ1) is 9.16. The lowest BCUT2D eigenvalue weighted by atomic mass is 10.2. The number of hydrogen-bond donors (Lipinski definition) is 1. The Morgan fingerprint density at radius 2 is 2.00 bits per heavy atom. The molecule has 1 rings (SSSR count). The van der Waals surface area contributed by atoms with Gasteiger partial charge in [-0.2, -0.15) is 0 Å². The van der Waals surface area contributed by atoms with Gasteiger partial charge < -0.3 is 5.73 Å². The molecule has 0 aromatic heterocycles. The van der Waals surface area contributed by atoms with E-state index in [0.717, 1.165) is 4.47 Å². The van der Waals surface area contributed by atoms with Crippen LogP contribution in [-0.2, 0) is 6.54 Å². The Bertz CT molecular complexity index is 275. The normalized spacial score (nSPS) is 10.2. The second-order valence-electron chi connectivity index (χ2n) is 2.06. The van der Waals surface area contributed by atoms with Gasteiger partial charge in [0, 0.05) is 16.6 Å². The molecule has 0 fully saturated rings. The molecule has 4 heteroatoms. The minimum atomic E-state index is -0.282. The number of hydrogen-bond acceptors (Lipinski definition) is 1. The fourth-order valence-corrected chi connectivity index (χ4v) is 2.07. The summed E-state index contributed by atoms with van der Waals surface area (Å²) in [6.45, 7) is 0.212. The molecule has 2 N–H and O–H groups in total. The maximum absolute atomic E-state index is 13.0. The summed E-state index contributed by atoms with van der Waals surface area (Å²) in [6.07, 6.45) is 0. The van der Waals surface area contributed by atoms with Gasteiger partial charge in [-0.1, -0.05) is 15.9 Å². The van der Waals surface area contributed by atoms with Crippen LogP contribution >= 0.6 is 31.9 Å². The van der Waals surface area contributed by atoms with Crippen molar-refractivity contribution in [2.45, 2.75) is 6.54 Å². The molecule has 60 valence electrons. The van der Waals surface area contributed by atoms with E-state index < -0.39 is 0 Å². The van der Waals surface area contributed by atoms with Gasteiger partial charge in [0.2, 0.25) is 0 Å². The summed E-state index contributed by atoms with van der Waals surface area (Å²) in [5.41, 5.74) is 5.81. The zero-order chi connectivity index (χ0) is 8.43. The van der Waals surface area contributed by atoms with Gasteiger partial charge in [0.25, 0.3) is 0 Å². The highest BCUT2D eigenvalue weighted by Gasteiger charge is 2.05. The van der Waals surface area contributed by atoms with Crippen LogP contribution in [0.3, 0.4) is 0 Å². The first-order valence-electron chi connectivity index (χ1n) is 2.98. The Morgan fingerprint density at radius 1 is 1.36 bits per heavy atom. The van der Waals surface area contributed by atoms with Gasteiger partial charge in [-0.3, -0.25) is 0 Å². The Hall–Kier alpha value is 0.0700. The standard InChI is InChI=1S/C7H6Br2FN/c8-5-1-4(3-11)7(10)6(9)2-5/h1-2H,3,11H2. The quantitative estimate of drug-likeness (QED) is 0.788. The van der Waals surface area contributed by atoms with E-state index in [0.29, 0.717) is 10.0 Å². The summed E-state index contributed by atoms with van der Waals surface area (Å²) in [5.74, 6) is -0.282. The van der Waals surface area contributed by atoms with Gasteiger partial charge in [0.1, 0.15) is 5.82 Å². The second-order valence-corrected chi connectivity index (χ2v) is 3.83. The fraction of sp³-hybridized carbons (Fsp3) is 0.143. The van der Waals surface area contributed by atoms with Crippen LogP contribution in [0, 0.1) is 5.82 Å². The largest absolute Gasteiger partial charge is 0.326 e. The van der Waals surface area contributed by atoms with Crippen molar-refractivity contribution in [1.82, 2.24) is 0 Å². The van der Waals surface area contributed by atoms with Crippen LogP contribution in [0.4, 0.5) is 4.39 Å². The van der Waals surface area contributed by atoms with Gasteiger partial charge in [-0.15, -0.1) is 0 Å². The molecule has 1 nitrogen and oxygen atoms in total. The number of benzene rings is 1. The average Bonchev–Trinajstić information content (AvgIpc) is 1.96. The van der Waals surface area contributed by atoms with Crippen molar-refractivity contribution < 1.29 is 4.39 Å². The summed E-state index contributed by atoms with van der Waals surface area (Å²) in [5, 5.41) is 0. The van der Waals surface area contributed by atoms with Crippen molar-refractivity contribution in [2.24, 2.45) is 5.73 Å². The smallest absolute Gasteiger partial charge is 0.141 e. The van der Waals surface area contributed by atoms with E-state index in [9.17, 15) is 4.39 Å². The Kier molecular flexibility index (Phi) is 3.04. The highest BCUT2D eigenvalue weighted by molar-refractivity contribution is 9.11. The fourth-order valence-electron chi connectivity index (χ4n) is 0.758. The van der Waals surface area contributed by atoms with E-state index in [4.69, 9.17) is 5.73 Å². The molecular formula is C7H6Br2FN. The van der Waals surface area contributed by atoms with Crippen molar-refractivity contribution in [2.75, 3.05) is 0 Å². The molecule has 11 heavy (non-hydrogen) atoms. The van der Waals surface area contributed by atoms with Crippen LogP contribution in [0.1, 0.15) is 5.56 Å². The number of nitrogens with two attached hydrogens (primary N) is 1. The molecule has 0 radical (unpaired) electrons. The molecule has 0 atom stereocenters. The van der Waals surface area contributed by atoms with Gasteiger partial charge in [0.05, 0.1) is 4.47 Å². The van der Waals surface area contributed by atoms with Crippen LogP contribution in [-0.4, -0.2) is 0 Å². The maximum Gasteiger partial charge on any atom is 0.141 e. The lowest BCUT2D eigenvalue weighted by molar-refractivity contribution is 0.603. The summed E-state index contributed by atoms with van der Waals surface area (Å²) in [6, 6.07) is 3.31. The SMILES string of the molecule is NCc1cc(Br)cc(Br)c1F. The second kappa shape index (κ2) is 3.65. The summed E-state index contributed by atoms with van der Waals surface area (Å²) >= 11 is 6.31. The molecule has 0 heterocycles. The Labute approximate surface area is 81.0 Å². The Balaban J connectivity index is 3.24. The van der Waals surface area contributed by atoms with E-state index in [1.807, 2.05) is 0 Å². The van der Waals surface area contributed by atoms with Gasteiger partial charge in [-0.25, -0.2) is 4.39 Å². The van der Waals surface area contributed by atoms with Crippen molar-refractivity contribution >= 4 is 31.9 Å². The van der Waals surface area contributed by atoms with E-state index >= 15 is 0 Å². The maximum atomic E-state index is 13.0. The molecule has 0 aliphatic rings. The van der Waals surface area contributed by atoms with Gasteiger partial charge in [0.15, 0.2) is 0 Å². The van der Waals surface area contributed by atoms with Crippen molar-refractivity contribution in [3.63, 3.8) is 0 Å². The monoisotopic (exact) mass is 281 g/mol. The molecule has 1 aromatic carbocycles. The van der Waals surface area contributed by atoms with Crippen LogP contribution in [0.25, 0.3) is 0 Å². The van der Waals surface area contributed by atoms with Crippen molar-refractivity contribution in [1.29, 1.82) is 0 Å². The molecule has 0 aliphatic carbocycles. The van der Waals surface area contributed by atoms with Crippen LogP contribution in [0.5, 0.6) is 0 Å². The molecule has 0 bridgehead atoms. The molecule has 0 saturated heterocycles. The molecular weight excluding hydrogens is 277 g/mol. The van der Waals surface area contributed by atoms with E-state index in [2.05, 4.69) is 31.9 Å². The topological polar surface area (TPSA) is 26.0 Å². The predicted molar refractivity (Wildman–Crippen MR) is 49.7 cm³/mol. The summed E-state index contributed by atoms with van der Waals surface area (Å²) in [7, 11) is 0. The molecule has 0 amide bonds. The Morgan fingerprint density at radius 3 is 2.55 bits per heavy atom. The van der Waals surface area contributed by atoms with Crippen molar-refractivity contribution in [3.05, 3.63) is 32.5 Å². The van der Waals surface area contributed by atoms with Crippen molar-refractivity contribution in [3.8, 4) is 0 Å². The number of rotatable bonds is 1. The summed E-state index contributed by atoms with van der Waals surface area (Å²) < 4.78 is 14.3. The van der Waals surface area contributed by atoms with E-state index in [1.54, 1.807) is 12.1 Å². The molecule has 0 saturated carbocycles. The average molecular weight is 283 g/mol. The van der Waals surface area contributed by atoms with Crippen LogP contribution < -0.4 is 5.73 Å². The van der Waals surface area contributed by atoms with Crippen LogP contribution in [0.2, 0.25) is 0 Å². The summed E-state index contributed by atoms with van der Waals surface area (Å²) in [4.78, 5) is 0. The first-order valence-corrected chi connectivity index (χ1v) is 4.57. The lowest BCUT2D eigenvalue weighted by Gasteiger charge is -2.01. The minimum absolute atomic E-state index is 0.212. The van der Waals surface area contributed by atoms with Gasteiger partial charge in [-0.05, 0) is 28.1 Å². The molecule has 0 spiro atoms. The minimum Gasteiger partial charge on any atom is -0.326 e. The van der Waals surface area contributed by atoms with Gasteiger partial charge >= 0.3 is 0 Å². The zero-order valence-electron chi connectivity index (χ0n) is 5.57. The molecule has 1 aromatic rings. The van der Waals surface area contributed by atoms with Crippen LogP contribution in [0.15, 0.2) is 21.1 Å². The third-order valence-electron chi connectivity index (χ3n) is 1.29.